The Labute approximate surface area is 192 Å². The fraction of sp³-hybridized carbons (Fsp3) is 0.200. The summed E-state index contributed by atoms with van der Waals surface area (Å²) >= 11 is 0. The lowest BCUT2D eigenvalue weighted by Crippen LogP contribution is -2.23. The van der Waals surface area contributed by atoms with Gasteiger partial charge in [-0.3, -0.25) is 4.79 Å². The van der Waals surface area contributed by atoms with Crippen molar-refractivity contribution in [2.24, 2.45) is 0 Å². The van der Waals surface area contributed by atoms with Gasteiger partial charge in [0.25, 0.3) is 5.91 Å². The molecule has 0 aliphatic carbocycles. The molecule has 1 amide bonds. The van der Waals surface area contributed by atoms with E-state index in [1.54, 1.807) is 71.5 Å². The number of carbonyl (C=O) groups excluding carboxylic acids is 1. The van der Waals surface area contributed by atoms with Gasteiger partial charge in [0.15, 0.2) is 0 Å². The Morgan fingerprint density at radius 1 is 0.909 bits per heavy atom. The highest BCUT2D eigenvalue weighted by atomic mass is 32.2. The minimum Gasteiger partial charge on any atom is -0.372 e. The maximum atomic E-state index is 13.0. The number of rotatable bonds is 6. The number of hydrogen-bond acceptors (Lipinski definition) is 5. The van der Waals surface area contributed by atoms with Crippen LogP contribution in [0.2, 0.25) is 0 Å². The first-order valence-corrected chi connectivity index (χ1v) is 12.4. The van der Waals surface area contributed by atoms with Crippen molar-refractivity contribution >= 4 is 27.1 Å². The normalized spacial score (nSPS) is 14.0. The van der Waals surface area contributed by atoms with Gasteiger partial charge >= 0.3 is 0 Å². The number of imidazole rings is 1. The van der Waals surface area contributed by atoms with Crippen LogP contribution in [0.3, 0.4) is 0 Å². The smallest absolute Gasteiger partial charge is 0.253 e. The van der Waals surface area contributed by atoms with Gasteiger partial charge < -0.3 is 14.6 Å². The maximum Gasteiger partial charge on any atom is 0.253 e. The summed E-state index contributed by atoms with van der Waals surface area (Å²) in [6, 6.07) is 17.2. The number of nitrogens with one attached hydrogen (secondary N) is 1. The monoisotopic (exact) mass is 460 g/mol. The zero-order valence-electron chi connectivity index (χ0n) is 18.0. The second-order valence-corrected chi connectivity index (χ2v) is 10.1. The van der Waals surface area contributed by atoms with Crippen molar-refractivity contribution in [3.05, 3.63) is 90.4 Å². The number of amides is 1. The van der Waals surface area contributed by atoms with E-state index in [4.69, 9.17) is 0 Å². The van der Waals surface area contributed by atoms with Crippen LogP contribution in [0.15, 0.2) is 89.0 Å². The Bertz CT molecular complexity index is 1390. The molecule has 1 saturated heterocycles. The molecule has 1 aliphatic heterocycles. The third kappa shape index (κ3) is 4.34. The summed E-state index contributed by atoms with van der Waals surface area (Å²) in [6.07, 6.45) is 7.53. The summed E-state index contributed by atoms with van der Waals surface area (Å²) in [6.45, 7) is 2.33. The number of aromatic nitrogens is 2. The molecule has 2 aromatic heterocycles. The van der Waals surface area contributed by atoms with Gasteiger partial charge in [0, 0.05) is 43.9 Å². The van der Waals surface area contributed by atoms with Crippen LogP contribution in [0.25, 0.3) is 5.65 Å². The summed E-state index contributed by atoms with van der Waals surface area (Å²) in [5, 5.41) is 2.87. The van der Waals surface area contributed by atoms with Crippen molar-refractivity contribution in [1.82, 2.24) is 14.7 Å². The molecule has 0 unspecified atom stereocenters. The molecular weight excluding hydrogens is 436 g/mol. The molecule has 3 heterocycles. The lowest BCUT2D eigenvalue weighted by atomic mass is 10.2. The van der Waals surface area contributed by atoms with E-state index in [0.29, 0.717) is 12.1 Å². The van der Waals surface area contributed by atoms with Crippen LogP contribution in [-0.2, 0) is 16.4 Å². The minimum absolute atomic E-state index is 0.208. The maximum absolute atomic E-state index is 13.0. The van der Waals surface area contributed by atoms with E-state index in [9.17, 15) is 13.2 Å². The Morgan fingerprint density at radius 3 is 2.27 bits per heavy atom. The number of nitrogens with zero attached hydrogens (tertiary/aromatic N) is 3. The van der Waals surface area contributed by atoms with Crippen LogP contribution in [-0.4, -0.2) is 36.8 Å². The molecule has 8 heteroatoms. The van der Waals surface area contributed by atoms with Gasteiger partial charge in [0.05, 0.1) is 15.4 Å². The molecule has 2 aromatic carbocycles. The van der Waals surface area contributed by atoms with Crippen LogP contribution in [0.1, 0.15) is 28.8 Å². The first-order valence-electron chi connectivity index (χ1n) is 10.9. The zero-order valence-corrected chi connectivity index (χ0v) is 18.8. The highest BCUT2D eigenvalue weighted by Crippen LogP contribution is 2.26. The SMILES string of the molecule is O=C(NCc1ccc(S(=O)(=O)c2ccc(N3CCCC3)cc2)cc1)c1ccc2nccn2c1. The number of benzene rings is 2. The Morgan fingerprint density at radius 2 is 1.58 bits per heavy atom. The van der Waals surface area contributed by atoms with Crippen molar-refractivity contribution in [3.8, 4) is 0 Å². The average Bonchev–Trinajstić information content (AvgIpc) is 3.55. The second kappa shape index (κ2) is 8.71. The highest BCUT2D eigenvalue weighted by Gasteiger charge is 2.19. The molecule has 4 aromatic rings. The molecule has 0 atom stereocenters. The molecule has 7 nitrogen and oxygen atoms in total. The lowest BCUT2D eigenvalue weighted by Gasteiger charge is -2.17. The quantitative estimate of drug-likeness (QED) is 0.474. The largest absolute Gasteiger partial charge is 0.372 e. The number of carbonyl (C=O) groups is 1. The third-order valence-electron chi connectivity index (χ3n) is 5.96. The fourth-order valence-electron chi connectivity index (χ4n) is 4.07. The number of hydrogen-bond donors (Lipinski definition) is 1. The number of fused-ring (bicyclic) bond motifs is 1. The van der Waals surface area contributed by atoms with Gasteiger partial charge in [-0.1, -0.05) is 12.1 Å². The molecule has 1 aliphatic rings. The second-order valence-electron chi connectivity index (χ2n) is 8.13. The fourth-order valence-corrected chi connectivity index (χ4v) is 5.33. The van der Waals surface area contributed by atoms with Crippen LogP contribution >= 0.6 is 0 Å². The van der Waals surface area contributed by atoms with Gasteiger partial charge in [-0.2, -0.15) is 0 Å². The van der Waals surface area contributed by atoms with E-state index in [-0.39, 0.29) is 15.7 Å². The van der Waals surface area contributed by atoms with E-state index in [1.807, 2.05) is 12.1 Å². The van der Waals surface area contributed by atoms with Gasteiger partial charge in [-0.25, -0.2) is 13.4 Å². The van der Waals surface area contributed by atoms with Crippen molar-refractivity contribution in [3.63, 3.8) is 0 Å². The molecule has 168 valence electrons. The molecule has 0 bridgehead atoms. The Hall–Kier alpha value is -3.65. The average molecular weight is 461 g/mol. The summed E-state index contributed by atoms with van der Waals surface area (Å²) in [5.41, 5.74) is 3.17. The molecule has 5 rings (SSSR count). The summed E-state index contributed by atoms with van der Waals surface area (Å²) in [5.74, 6) is -0.208. The lowest BCUT2D eigenvalue weighted by molar-refractivity contribution is 0.0950. The summed E-state index contributed by atoms with van der Waals surface area (Å²) in [4.78, 5) is 19.4. The molecule has 33 heavy (non-hydrogen) atoms. The van der Waals surface area contributed by atoms with Crippen molar-refractivity contribution < 1.29 is 13.2 Å². The van der Waals surface area contributed by atoms with Crippen molar-refractivity contribution in [2.75, 3.05) is 18.0 Å². The van der Waals surface area contributed by atoms with Gasteiger partial charge in [0.2, 0.25) is 9.84 Å². The van der Waals surface area contributed by atoms with E-state index < -0.39 is 9.84 Å². The van der Waals surface area contributed by atoms with Gasteiger partial charge in [-0.05, 0) is 66.9 Å². The van der Waals surface area contributed by atoms with Crippen molar-refractivity contribution in [1.29, 1.82) is 0 Å². The van der Waals surface area contributed by atoms with Crippen molar-refractivity contribution in [2.45, 2.75) is 29.2 Å². The van der Waals surface area contributed by atoms with Crippen LogP contribution in [0.4, 0.5) is 5.69 Å². The molecule has 0 spiro atoms. The zero-order chi connectivity index (χ0) is 22.8. The van der Waals surface area contributed by atoms with E-state index >= 15 is 0 Å². The van der Waals surface area contributed by atoms with E-state index in [1.165, 1.54) is 12.8 Å². The van der Waals surface area contributed by atoms with Gasteiger partial charge in [0.1, 0.15) is 5.65 Å². The predicted octanol–water partition coefficient (Wildman–Crippen LogP) is 3.70. The molecule has 1 fully saturated rings. The Kier molecular flexibility index (Phi) is 5.60. The summed E-state index contributed by atoms with van der Waals surface area (Å²) < 4.78 is 27.8. The Balaban J connectivity index is 1.25. The van der Waals surface area contributed by atoms with Crippen LogP contribution < -0.4 is 10.2 Å². The number of sulfone groups is 1. The minimum atomic E-state index is -3.60. The van der Waals surface area contributed by atoms with Crippen LogP contribution in [0, 0.1) is 0 Å². The highest BCUT2D eigenvalue weighted by molar-refractivity contribution is 7.91. The number of anilines is 1. The van der Waals surface area contributed by atoms with Crippen LogP contribution in [0.5, 0.6) is 0 Å². The summed E-state index contributed by atoms with van der Waals surface area (Å²) in [7, 11) is -3.60. The van der Waals surface area contributed by atoms with E-state index in [0.717, 1.165) is 30.0 Å². The molecule has 0 saturated carbocycles. The topological polar surface area (TPSA) is 83.8 Å². The first-order chi connectivity index (χ1) is 16.0. The predicted molar refractivity (Wildman–Crippen MR) is 126 cm³/mol. The standard InChI is InChI=1S/C25H24N4O3S/c30-25(20-5-12-24-26-13-16-29(24)18-20)27-17-19-3-8-22(9-4-19)33(31,32)23-10-6-21(7-11-23)28-14-1-2-15-28/h3-13,16,18H,1-2,14-15,17H2,(H,27,30). The molecule has 0 radical (unpaired) electrons. The van der Waals surface area contributed by atoms with Gasteiger partial charge in [-0.15, -0.1) is 0 Å². The number of pyridine rings is 1. The van der Waals surface area contributed by atoms with E-state index in [2.05, 4.69) is 15.2 Å². The third-order valence-corrected chi connectivity index (χ3v) is 7.74. The first kappa shape index (κ1) is 21.2. The molecule has 1 N–H and O–H groups in total. The molecular formula is C25H24N4O3S.